The Kier molecular flexibility index (Phi) is 5.47. The molecule has 0 spiro atoms. The average Bonchev–Trinajstić information content (AvgIpc) is 2.81. The van der Waals surface area contributed by atoms with E-state index in [1.807, 2.05) is 26.0 Å². The van der Waals surface area contributed by atoms with Gasteiger partial charge in [0.15, 0.2) is 0 Å². The molecule has 0 atom stereocenters. The van der Waals surface area contributed by atoms with Crippen LogP contribution in [0.4, 0.5) is 4.79 Å². The van der Waals surface area contributed by atoms with Gasteiger partial charge in [0.25, 0.3) is 5.91 Å². The molecule has 0 unspecified atom stereocenters. The maximum absolute atomic E-state index is 12.8. The summed E-state index contributed by atoms with van der Waals surface area (Å²) in [6.07, 6.45) is 0.408. The highest BCUT2D eigenvalue weighted by molar-refractivity contribution is 5.96. The van der Waals surface area contributed by atoms with Crippen molar-refractivity contribution in [2.24, 2.45) is 0 Å². The van der Waals surface area contributed by atoms with E-state index in [4.69, 9.17) is 9.47 Å². The highest BCUT2D eigenvalue weighted by Gasteiger charge is 2.24. The molecule has 6 nitrogen and oxygen atoms in total. The Balaban J connectivity index is 2.15. The number of nitrogens with zero attached hydrogens (tertiary/aromatic N) is 2. The van der Waals surface area contributed by atoms with Gasteiger partial charge in [0, 0.05) is 31.7 Å². The molecule has 1 aromatic rings. The smallest absolute Gasteiger partial charge is 0.409 e. The molecule has 1 aliphatic rings. The number of carbonyl (C=O) groups is 2. The SMILES string of the molecule is COC(=O)N1CCCN(C(=O)c2cc(C)c(OC)cc2C)CC1. The lowest BCUT2D eigenvalue weighted by molar-refractivity contribution is 0.0756. The fourth-order valence-electron chi connectivity index (χ4n) is 2.84. The maximum Gasteiger partial charge on any atom is 0.409 e. The van der Waals surface area contributed by atoms with Crippen LogP contribution in [0.15, 0.2) is 12.1 Å². The van der Waals surface area contributed by atoms with Crippen molar-refractivity contribution in [3.05, 3.63) is 28.8 Å². The zero-order valence-corrected chi connectivity index (χ0v) is 14.2. The molecule has 0 N–H and O–H groups in total. The van der Waals surface area contributed by atoms with Crippen molar-refractivity contribution >= 4 is 12.0 Å². The first-order chi connectivity index (χ1) is 11.0. The topological polar surface area (TPSA) is 59.1 Å². The summed E-state index contributed by atoms with van der Waals surface area (Å²) in [7, 11) is 3.00. The molecule has 1 aliphatic heterocycles. The monoisotopic (exact) mass is 320 g/mol. The van der Waals surface area contributed by atoms with Gasteiger partial charge in [0.2, 0.25) is 0 Å². The van der Waals surface area contributed by atoms with Crippen molar-refractivity contribution in [3.63, 3.8) is 0 Å². The Morgan fingerprint density at radius 2 is 1.61 bits per heavy atom. The number of rotatable bonds is 2. The van der Waals surface area contributed by atoms with Crippen LogP contribution in [0.3, 0.4) is 0 Å². The minimum atomic E-state index is -0.337. The van der Waals surface area contributed by atoms with Gasteiger partial charge in [-0.25, -0.2) is 4.79 Å². The van der Waals surface area contributed by atoms with E-state index in [1.165, 1.54) is 7.11 Å². The van der Waals surface area contributed by atoms with Crippen molar-refractivity contribution in [1.82, 2.24) is 9.80 Å². The molecule has 1 heterocycles. The van der Waals surface area contributed by atoms with Crippen LogP contribution in [0, 0.1) is 13.8 Å². The summed E-state index contributed by atoms with van der Waals surface area (Å²) in [6.45, 7) is 6.09. The van der Waals surface area contributed by atoms with Crippen LogP contribution < -0.4 is 4.74 Å². The molecule has 2 rings (SSSR count). The van der Waals surface area contributed by atoms with Gasteiger partial charge in [-0.3, -0.25) is 4.79 Å². The molecule has 0 radical (unpaired) electrons. The van der Waals surface area contributed by atoms with Gasteiger partial charge in [0.05, 0.1) is 14.2 Å². The highest BCUT2D eigenvalue weighted by Crippen LogP contribution is 2.24. The first-order valence-corrected chi connectivity index (χ1v) is 7.75. The zero-order valence-electron chi connectivity index (χ0n) is 14.2. The second-order valence-electron chi connectivity index (χ2n) is 5.74. The summed E-state index contributed by atoms with van der Waals surface area (Å²) in [5.41, 5.74) is 2.52. The Bertz CT molecular complexity index is 601. The molecule has 1 saturated heterocycles. The van der Waals surface area contributed by atoms with Gasteiger partial charge in [-0.2, -0.15) is 0 Å². The van der Waals surface area contributed by atoms with Crippen molar-refractivity contribution < 1.29 is 19.1 Å². The van der Waals surface area contributed by atoms with Crippen molar-refractivity contribution in [1.29, 1.82) is 0 Å². The van der Waals surface area contributed by atoms with E-state index >= 15 is 0 Å². The summed E-state index contributed by atoms with van der Waals surface area (Å²) in [6, 6.07) is 3.76. The first kappa shape index (κ1) is 17.1. The van der Waals surface area contributed by atoms with Gasteiger partial charge in [-0.15, -0.1) is 0 Å². The molecule has 6 heteroatoms. The van der Waals surface area contributed by atoms with Crippen LogP contribution in [-0.4, -0.2) is 62.2 Å². The number of hydrogen-bond donors (Lipinski definition) is 0. The number of carbonyl (C=O) groups excluding carboxylic acids is 2. The van der Waals surface area contributed by atoms with Crippen LogP contribution in [0.25, 0.3) is 0 Å². The number of aryl methyl sites for hydroxylation is 2. The summed E-state index contributed by atoms with van der Waals surface area (Å²) in [5.74, 6) is 0.784. The van der Waals surface area contributed by atoms with Crippen molar-refractivity contribution in [2.45, 2.75) is 20.3 Å². The van der Waals surface area contributed by atoms with Crippen molar-refractivity contribution in [2.75, 3.05) is 40.4 Å². The molecule has 1 fully saturated rings. The Labute approximate surface area is 137 Å². The minimum absolute atomic E-state index is 0.0000288. The third kappa shape index (κ3) is 3.75. The molecule has 0 saturated carbocycles. The lowest BCUT2D eigenvalue weighted by atomic mass is 10.0. The molecular weight excluding hydrogens is 296 g/mol. The van der Waals surface area contributed by atoms with Gasteiger partial charge in [-0.1, -0.05) is 0 Å². The second kappa shape index (κ2) is 7.35. The van der Waals surface area contributed by atoms with Gasteiger partial charge < -0.3 is 19.3 Å². The minimum Gasteiger partial charge on any atom is -0.496 e. The average molecular weight is 320 g/mol. The third-order valence-electron chi connectivity index (χ3n) is 4.19. The standard InChI is InChI=1S/C17H24N2O4/c1-12-11-15(22-3)13(2)10-14(12)16(20)18-6-5-7-19(9-8-18)17(21)23-4/h10-11H,5-9H2,1-4H3. The van der Waals surface area contributed by atoms with E-state index in [9.17, 15) is 9.59 Å². The van der Waals surface area contributed by atoms with E-state index in [-0.39, 0.29) is 12.0 Å². The maximum atomic E-state index is 12.8. The Hall–Kier alpha value is -2.24. The quantitative estimate of drug-likeness (QED) is 0.838. The number of methoxy groups -OCH3 is 2. The molecule has 0 aromatic heterocycles. The Morgan fingerprint density at radius 1 is 0.957 bits per heavy atom. The predicted octanol–water partition coefficient (Wildman–Crippen LogP) is 2.23. The predicted molar refractivity (Wildman–Crippen MR) is 87.0 cm³/mol. The van der Waals surface area contributed by atoms with Crippen LogP contribution >= 0.6 is 0 Å². The van der Waals surface area contributed by atoms with Crippen LogP contribution in [0.2, 0.25) is 0 Å². The van der Waals surface area contributed by atoms with E-state index in [1.54, 1.807) is 16.9 Å². The third-order valence-corrected chi connectivity index (χ3v) is 4.19. The molecule has 2 amide bonds. The van der Waals surface area contributed by atoms with Crippen LogP contribution in [0.1, 0.15) is 27.9 Å². The first-order valence-electron chi connectivity index (χ1n) is 7.75. The lowest BCUT2D eigenvalue weighted by Gasteiger charge is -2.22. The Morgan fingerprint density at radius 3 is 2.26 bits per heavy atom. The van der Waals surface area contributed by atoms with Crippen molar-refractivity contribution in [3.8, 4) is 5.75 Å². The van der Waals surface area contributed by atoms with Crippen LogP contribution in [-0.2, 0) is 4.74 Å². The summed E-state index contributed by atoms with van der Waals surface area (Å²) in [4.78, 5) is 27.9. The summed E-state index contributed by atoms with van der Waals surface area (Å²) in [5, 5.41) is 0. The molecule has 23 heavy (non-hydrogen) atoms. The summed E-state index contributed by atoms with van der Waals surface area (Å²) < 4.78 is 10.1. The van der Waals surface area contributed by atoms with Gasteiger partial charge >= 0.3 is 6.09 Å². The fourth-order valence-corrected chi connectivity index (χ4v) is 2.84. The molecule has 126 valence electrons. The number of amides is 2. The normalized spacial score (nSPS) is 15.1. The summed E-state index contributed by atoms with van der Waals surface area (Å²) >= 11 is 0. The number of hydrogen-bond acceptors (Lipinski definition) is 4. The number of benzene rings is 1. The highest BCUT2D eigenvalue weighted by atomic mass is 16.5. The number of ether oxygens (including phenoxy) is 2. The molecular formula is C17H24N2O4. The lowest BCUT2D eigenvalue weighted by Crippen LogP contribution is -2.37. The van der Waals surface area contributed by atoms with Gasteiger partial charge in [-0.05, 0) is 43.5 Å². The van der Waals surface area contributed by atoms with E-state index in [2.05, 4.69) is 0 Å². The largest absolute Gasteiger partial charge is 0.496 e. The van der Waals surface area contributed by atoms with Gasteiger partial charge in [0.1, 0.15) is 5.75 Å². The van der Waals surface area contributed by atoms with E-state index < -0.39 is 0 Å². The molecule has 0 aliphatic carbocycles. The van der Waals surface area contributed by atoms with E-state index in [0.717, 1.165) is 23.3 Å². The second-order valence-corrected chi connectivity index (χ2v) is 5.74. The zero-order chi connectivity index (χ0) is 17.0. The molecule has 0 bridgehead atoms. The molecule has 1 aromatic carbocycles. The van der Waals surface area contributed by atoms with Crippen LogP contribution in [0.5, 0.6) is 5.75 Å². The van der Waals surface area contributed by atoms with E-state index in [0.29, 0.717) is 31.7 Å². The fraction of sp³-hybridized carbons (Fsp3) is 0.529.